The molecule has 1 atom stereocenters. The minimum Gasteiger partial charge on any atom is -0.360 e. The lowest BCUT2D eigenvalue weighted by Crippen LogP contribution is -2.49. The topological polar surface area (TPSA) is 89.4 Å². The molecule has 2 aliphatic rings. The van der Waals surface area contributed by atoms with Crippen molar-refractivity contribution in [2.45, 2.75) is 64.3 Å². The number of piperidine rings is 1. The van der Waals surface area contributed by atoms with Gasteiger partial charge in [0, 0.05) is 31.5 Å². The Morgan fingerprint density at radius 1 is 1.28 bits per heavy atom. The zero-order valence-corrected chi connectivity index (χ0v) is 15.2. The van der Waals surface area contributed by atoms with Crippen LogP contribution in [-0.4, -0.2) is 40.9 Å². The molecule has 1 saturated heterocycles. The second-order valence-corrected chi connectivity index (χ2v) is 7.89. The molecular formula is C19H29N3O3. The molecule has 138 valence electrons. The Bertz CT molecular complexity index is 613. The van der Waals surface area contributed by atoms with E-state index in [1.165, 1.54) is 0 Å². The number of Topliss-reactive ketones (excluding diaryl/α,β-unsaturated/α-hetero) is 1. The molecule has 0 bridgehead atoms. The third kappa shape index (κ3) is 4.48. The van der Waals surface area contributed by atoms with E-state index in [0.29, 0.717) is 24.0 Å². The van der Waals surface area contributed by atoms with Crippen LogP contribution in [0.4, 0.5) is 0 Å². The van der Waals surface area contributed by atoms with E-state index in [1.54, 1.807) is 0 Å². The summed E-state index contributed by atoms with van der Waals surface area (Å²) in [5, 5.41) is 3.92. The van der Waals surface area contributed by atoms with Crippen molar-refractivity contribution < 1.29 is 14.1 Å². The van der Waals surface area contributed by atoms with Crippen molar-refractivity contribution in [2.75, 3.05) is 13.1 Å². The van der Waals surface area contributed by atoms with Crippen LogP contribution in [0, 0.1) is 11.8 Å². The average molecular weight is 347 g/mol. The van der Waals surface area contributed by atoms with Crippen molar-refractivity contribution >= 4 is 11.7 Å². The molecule has 25 heavy (non-hydrogen) atoms. The summed E-state index contributed by atoms with van der Waals surface area (Å²) >= 11 is 0. The van der Waals surface area contributed by atoms with Gasteiger partial charge < -0.3 is 15.2 Å². The standard InChI is InChI=1S/C19H29N3O3/c1-12(2)18(20)19(24)22-9-7-13(8-10-22)3-6-16(23)15-11-17(25-21-15)14-4-5-14/h11-14,18H,3-10,20H2,1-2H3/t18-/m0/s1. The maximum Gasteiger partial charge on any atom is 0.239 e. The Hall–Kier alpha value is -1.69. The molecule has 1 saturated carbocycles. The van der Waals surface area contributed by atoms with Crippen LogP contribution >= 0.6 is 0 Å². The lowest BCUT2D eigenvalue weighted by atomic mass is 9.90. The van der Waals surface area contributed by atoms with E-state index in [-0.39, 0.29) is 17.6 Å². The summed E-state index contributed by atoms with van der Waals surface area (Å²) in [5.74, 6) is 2.10. The molecular weight excluding hydrogens is 318 g/mol. The minimum atomic E-state index is -0.411. The van der Waals surface area contributed by atoms with Crippen LogP contribution in [0.5, 0.6) is 0 Å². The van der Waals surface area contributed by atoms with E-state index in [4.69, 9.17) is 10.3 Å². The van der Waals surface area contributed by atoms with E-state index in [2.05, 4.69) is 5.16 Å². The first-order valence-electron chi connectivity index (χ1n) is 9.50. The predicted molar refractivity (Wildman–Crippen MR) is 94.2 cm³/mol. The number of carbonyl (C=O) groups excluding carboxylic acids is 2. The molecule has 3 rings (SSSR count). The van der Waals surface area contributed by atoms with Gasteiger partial charge in [-0.25, -0.2) is 0 Å². The number of amides is 1. The summed E-state index contributed by atoms with van der Waals surface area (Å²) in [6.07, 6.45) is 5.51. The van der Waals surface area contributed by atoms with Crippen molar-refractivity contribution in [2.24, 2.45) is 17.6 Å². The third-order valence-corrected chi connectivity index (χ3v) is 5.50. The fourth-order valence-corrected chi connectivity index (χ4v) is 3.38. The first kappa shape index (κ1) is 18.1. The number of hydrogen-bond donors (Lipinski definition) is 1. The van der Waals surface area contributed by atoms with Gasteiger partial charge >= 0.3 is 0 Å². The molecule has 6 nitrogen and oxygen atoms in total. The number of nitrogens with two attached hydrogens (primary N) is 1. The van der Waals surface area contributed by atoms with E-state index in [1.807, 2.05) is 24.8 Å². The van der Waals surface area contributed by atoms with Gasteiger partial charge in [0.05, 0.1) is 6.04 Å². The van der Waals surface area contributed by atoms with Gasteiger partial charge in [0.15, 0.2) is 5.78 Å². The van der Waals surface area contributed by atoms with Gasteiger partial charge in [-0.1, -0.05) is 19.0 Å². The van der Waals surface area contributed by atoms with Crippen molar-refractivity contribution in [3.63, 3.8) is 0 Å². The van der Waals surface area contributed by atoms with Crippen LogP contribution in [0.15, 0.2) is 10.6 Å². The largest absolute Gasteiger partial charge is 0.360 e. The summed E-state index contributed by atoms with van der Waals surface area (Å²) < 4.78 is 5.26. The summed E-state index contributed by atoms with van der Waals surface area (Å²) in [5.41, 5.74) is 6.43. The second-order valence-electron chi connectivity index (χ2n) is 7.89. The van der Waals surface area contributed by atoms with Gasteiger partial charge in [-0.05, 0) is 43.9 Å². The Morgan fingerprint density at radius 3 is 2.56 bits per heavy atom. The van der Waals surface area contributed by atoms with Crippen molar-refractivity contribution in [3.05, 3.63) is 17.5 Å². The smallest absolute Gasteiger partial charge is 0.239 e. The molecule has 0 aromatic carbocycles. The van der Waals surface area contributed by atoms with Crippen LogP contribution in [0.2, 0.25) is 0 Å². The number of ketones is 1. The van der Waals surface area contributed by atoms with Crippen LogP contribution < -0.4 is 5.73 Å². The van der Waals surface area contributed by atoms with Crippen LogP contribution in [0.3, 0.4) is 0 Å². The SMILES string of the molecule is CC(C)[C@H](N)C(=O)N1CCC(CCC(=O)c2cc(C3CC3)on2)CC1. The van der Waals surface area contributed by atoms with Crippen LogP contribution in [0.25, 0.3) is 0 Å². The van der Waals surface area contributed by atoms with Crippen molar-refractivity contribution in [1.82, 2.24) is 10.1 Å². The summed E-state index contributed by atoms with van der Waals surface area (Å²) in [6, 6.07) is 1.40. The molecule has 0 radical (unpaired) electrons. The minimum absolute atomic E-state index is 0.0553. The second kappa shape index (κ2) is 7.68. The van der Waals surface area contributed by atoms with Gasteiger partial charge in [0.25, 0.3) is 0 Å². The number of aromatic nitrogens is 1. The number of rotatable bonds is 7. The van der Waals surface area contributed by atoms with Gasteiger partial charge in [-0.15, -0.1) is 0 Å². The highest BCUT2D eigenvalue weighted by Gasteiger charge is 2.30. The first-order valence-corrected chi connectivity index (χ1v) is 9.50. The molecule has 1 aromatic heterocycles. The molecule has 0 unspecified atom stereocenters. The van der Waals surface area contributed by atoms with Crippen LogP contribution in [-0.2, 0) is 4.79 Å². The first-order chi connectivity index (χ1) is 12.0. The normalized spacial score (nSPS) is 20.1. The molecule has 0 spiro atoms. The fraction of sp³-hybridized carbons (Fsp3) is 0.737. The van der Waals surface area contributed by atoms with E-state index in [0.717, 1.165) is 51.0 Å². The summed E-state index contributed by atoms with van der Waals surface area (Å²) in [4.78, 5) is 26.4. The lowest BCUT2D eigenvalue weighted by molar-refractivity contribution is -0.135. The number of nitrogens with zero attached hydrogens (tertiary/aromatic N) is 2. The average Bonchev–Trinajstić information content (AvgIpc) is 3.35. The lowest BCUT2D eigenvalue weighted by Gasteiger charge is -2.34. The molecule has 1 aliphatic heterocycles. The Balaban J connectivity index is 1.41. The highest BCUT2D eigenvalue weighted by atomic mass is 16.5. The number of likely N-dealkylation sites (tertiary alicyclic amines) is 1. The Labute approximate surface area is 149 Å². The highest BCUT2D eigenvalue weighted by Crippen LogP contribution is 2.40. The van der Waals surface area contributed by atoms with Gasteiger partial charge in [0.1, 0.15) is 11.5 Å². The zero-order valence-electron chi connectivity index (χ0n) is 15.2. The van der Waals surface area contributed by atoms with E-state index in [9.17, 15) is 9.59 Å². The molecule has 2 N–H and O–H groups in total. The van der Waals surface area contributed by atoms with Gasteiger partial charge in [-0.3, -0.25) is 9.59 Å². The van der Waals surface area contributed by atoms with Gasteiger partial charge in [-0.2, -0.15) is 0 Å². The summed E-state index contributed by atoms with van der Waals surface area (Å²) in [7, 11) is 0. The van der Waals surface area contributed by atoms with Crippen molar-refractivity contribution in [3.8, 4) is 0 Å². The van der Waals surface area contributed by atoms with Crippen molar-refractivity contribution in [1.29, 1.82) is 0 Å². The molecule has 1 aliphatic carbocycles. The fourth-order valence-electron chi connectivity index (χ4n) is 3.38. The predicted octanol–water partition coefficient (Wildman–Crippen LogP) is 2.74. The highest BCUT2D eigenvalue weighted by molar-refractivity contribution is 5.94. The third-order valence-electron chi connectivity index (χ3n) is 5.50. The Morgan fingerprint density at radius 2 is 1.96 bits per heavy atom. The molecule has 2 heterocycles. The maximum atomic E-state index is 12.3. The Kier molecular flexibility index (Phi) is 5.57. The quantitative estimate of drug-likeness (QED) is 0.766. The zero-order chi connectivity index (χ0) is 18.0. The van der Waals surface area contributed by atoms with Gasteiger partial charge in [0.2, 0.25) is 5.91 Å². The van der Waals surface area contributed by atoms with E-state index < -0.39 is 6.04 Å². The number of hydrogen-bond acceptors (Lipinski definition) is 5. The van der Waals surface area contributed by atoms with Crippen LogP contribution in [0.1, 0.15) is 74.5 Å². The summed E-state index contributed by atoms with van der Waals surface area (Å²) in [6.45, 7) is 5.43. The molecule has 2 fully saturated rings. The molecule has 1 aromatic rings. The monoisotopic (exact) mass is 347 g/mol. The molecule has 6 heteroatoms. The molecule has 1 amide bonds. The number of carbonyl (C=O) groups is 2. The maximum absolute atomic E-state index is 12.3. The van der Waals surface area contributed by atoms with E-state index >= 15 is 0 Å².